The van der Waals surface area contributed by atoms with Crippen LogP contribution in [0, 0.1) is 13.8 Å². The largest absolute Gasteiger partial charge is 0.496 e. The molecule has 0 aliphatic carbocycles. The Bertz CT molecular complexity index is 834. The first kappa shape index (κ1) is 23.3. The van der Waals surface area contributed by atoms with Gasteiger partial charge < -0.3 is 24.3 Å². The maximum absolute atomic E-state index is 12.4. The zero-order valence-electron chi connectivity index (χ0n) is 18.9. The third-order valence-corrected chi connectivity index (χ3v) is 4.80. The summed E-state index contributed by atoms with van der Waals surface area (Å²) in [5, 5.41) is 2.94. The van der Waals surface area contributed by atoms with E-state index in [4.69, 9.17) is 18.9 Å². The van der Waals surface area contributed by atoms with Crippen molar-refractivity contribution in [3.05, 3.63) is 46.5 Å². The van der Waals surface area contributed by atoms with Crippen molar-refractivity contribution in [3.63, 3.8) is 0 Å². The molecule has 164 valence electrons. The van der Waals surface area contributed by atoms with Gasteiger partial charge in [0.25, 0.3) is 0 Å². The summed E-state index contributed by atoms with van der Waals surface area (Å²) >= 11 is 0. The van der Waals surface area contributed by atoms with Crippen LogP contribution in [0.4, 0.5) is 0 Å². The highest BCUT2D eigenvalue weighted by molar-refractivity contribution is 5.78. The number of amides is 1. The van der Waals surface area contributed by atoms with Gasteiger partial charge in [0, 0.05) is 13.1 Å². The molecule has 7 heteroatoms. The lowest BCUT2D eigenvalue weighted by Gasteiger charge is -2.19. The summed E-state index contributed by atoms with van der Waals surface area (Å²) in [5.41, 5.74) is 4.19. The van der Waals surface area contributed by atoms with Gasteiger partial charge in [-0.15, -0.1) is 0 Å². The van der Waals surface area contributed by atoms with Gasteiger partial charge in [-0.3, -0.25) is 9.69 Å². The minimum Gasteiger partial charge on any atom is -0.496 e. The fourth-order valence-electron chi connectivity index (χ4n) is 3.56. The molecular weight excluding hydrogens is 384 g/mol. The van der Waals surface area contributed by atoms with Crippen LogP contribution in [0.25, 0.3) is 0 Å². The summed E-state index contributed by atoms with van der Waals surface area (Å²) in [7, 11) is 8.30. The zero-order chi connectivity index (χ0) is 22.3. The van der Waals surface area contributed by atoms with E-state index in [0.29, 0.717) is 30.3 Å². The molecule has 0 heterocycles. The van der Waals surface area contributed by atoms with Crippen LogP contribution in [0.15, 0.2) is 24.3 Å². The summed E-state index contributed by atoms with van der Waals surface area (Å²) in [5.74, 6) is 2.49. The highest BCUT2D eigenvalue weighted by Crippen LogP contribution is 2.38. The molecule has 0 spiro atoms. The van der Waals surface area contributed by atoms with Crippen LogP contribution in [-0.4, -0.2) is 52.8 Å². The van der Waals surface area contributed by atoms with Gasteiger partial charge in [0.05, 0.1) is 35.0 Å². The highest BCUT2D eigenvalue weighted by Gasteiger charge is 2.14. The molecule has 2 rings (SSSR count). The lowest BCUT2D eigenvalue weighted by atomic mass is 10.1. The maximum Gasteiger partial charge on any atom is 0.234 e. The van der Waals surface area contributed by atoms with Crippen LogP contribution in [0.3, 0.4) is 0 Å². The van der Waals surface area contributed by atoms with Gasteiger partial charge in [-0.25, -0.2) is 0 Å². The van der Waals surface area contributed by atoms with Gasteiger partial charge in [-0.05, 0) is 55.3 Å². The Morgan fingerprint density at radius 1 is 0.833 bits per heavy atom. The van der Waals surface area contributed by atoms with Crippen molar-refractivity contribution in [2.24, 2.45) is 0 Å². The minimum absolute atomic E-state index is 0.0618. The van der Waals surface area contributed by atoms with E-state index in [9.17, 15) is 4.79 Å². The van der Waals surface area contributed by atoms with Crippen molar-refractivity contribution in [1.82, 2.24) is 10.2 Å². The van der Waals surface area contributed by atoms with Gasteiger partial charge in [0.15, 0.2) is 11.5 Å². The first-order valence-electron chi connectivity index (χ1n) is 9.71. The van der Waals surface area contributed by atoms with E-state index >= 15 is 0 Å². The molecule has 0 saturated heterocycles. The van der Waals surface area contributed by atoms with Gasteiger partial charge in [0.2, 0.25) is 11.7 Å². The molecule has 0 unspecified atom stereocenters. The number of likely N-dealkylation sites (N-methyl/N-ethyl adjacent to an activating group) is 1. The SMILES string of the molecule is COc1cc(CNC(=O)CN(C)Cc2cc(C)c(OC)c(C)c2)cc(OC)c1OC. The average molecular weight is 417 g/mol. The molecule has 2 aromatic carbocycles. The van der Waals surface area contributed by atoms with Gasteiger partial charge in [-0.1, -0.05) is 12.1 Å². The lowest BCUT2D eigenvalue weighted by Crippen LogP contribution is -2.34. The first-order valence-corrected chi connectivity index (χ1v) is 9.71. The van der Waals surface area contributed by atoms with Crippen molar-refractivity contribution in [2.45, 2.75) is 26.9 Å². The molecule has 1 amide bonds. The Kier molecular flexibility index (Phi) is 8.35. The van der Waals surface area contributed by atoms with Crippen LogP contribution in [0.2, 0.25) is 0 Å². The zero-order valence-corrected chi connectivity index (χ0v) is 18.9. The van der Waals surface area contributed by atoms with E-state index in [0.717, 1.165) is 28.0 Å². The Morgan fingerprint density at radius 2 is 1.37 bits per heavy atom. The second-order valence-electron chi connectivity index (χ2n) is 7.25. The number of nitrogens with zero attached hydrogens (tertiary/aromatic N) is 1. The van der Waals surface area contributed by atoms with Gasteiger partial charge >= 0.3 is 0 Å². The molecule has 1 N–H and O–H groups in total. The molecule has 0 radical (unpaired) electrons. The van der Waals surface area contributed by atoms with E-state index in [2.05, 4.69) is 17.4 Å². The number of benzene rings is 2. The Hall–Kier alpha value is -2.93. The van der Waals surface area contributed by atoms with Crippen LogP contribution in [-0.2, 0) is 17.9 Å². The first-order chi connectivity index (χ1) is 14.3. The normalized spacial score (nSPS) is 10.7. The molecule has 2 aromatic rings. The molecule has 30 heavy (non-hydrogen) atoms. The number of nitrogens with one attached hydrogen (secondary N) is 1. The molecule has 0 saturated carbocycles. The number of hydrogen-bond donors (Lipinski definition) is 1. The minimum atomic E-state index is -0.0618. The monoisotopic (exact) mass is 416 g/mol. The van der Waals surface area contributed by atoms with Crippen molar-refractivity contribution < 1.29 is 23.7 Å². The third kappa shape index (κ3) is 5.79. The number of hydrogen-bond acceptors (Lipinski definition) is 6. The van der Waals surface area contributed by atoms with Crippen LogP contribution in [0.1, 0.15) is 22.3 Å². The predicted molar refractivity (Wildman–Crippen MR) is 117 cm³/mol. The summed E-state index contributed by atoms with van der Waals surface area (Å²) in [6.45, 7) is 5.38. The fraction of sp³-hybridized carbons (Fsp3) is 0.435. The second-order valence-corrected chi connectivity index (χ2v) is 7.25. The maximum atomic E-state index is 12.4. The Balaban J connectivity index is 1.96. The lowest BCUT2D eigenvalue weighted by molar-refractivity contribution is -0.122. The summed E-state index contributed by atoms with van der Waals surface area (Å²) < 4.78 is 21.5. The number of carbonyl (C=O) groups excluding carboxylic acids is 1. The number of ether oxygens (including phenoxy) is 4. The molecular formula is C23H32N2O5. The number of methoxy groups -OCH3 is 4. The quantitative estimate of drug-likeness (QED) is 0.642. The Labute approximate surface area is 178 Å². The van der Waals surface area contributed by atoms with E-state index in [1.165, 1.54) is 0 Å². The molecule has 0 aromatic heterocycles. The summed E-state index contributed by atoms with van der Waals surface area (Å²) in [6.07, 6.45) is 0. The topological polar surface area (TPSA) is 69.3 Å². The van der Waals surface area contributed by atoms with E-state index < -0.39 is 0 Å². The van der Waals surface area contributed by atoms with E-state index in [1.54, 1.807) is 28.4 Å². The van der Waals surface area contributed by atoms with Crippen LogP contribution in [0.5, 0.6) is 23.0 Å². The molecule has 0 fully saturated rings. The van der Waals surface area contributed by atoms with E-state index in [-0.39, 0.29) is 12.5 Å². The molecule has 0 bridgehead atoms. The fourth-order valence-corrected chi connectivity index (χ4v) is 3.56. The van der Waals surface area contributed by atoms with Crippen molar-refractivity contribution in [2.75, 3.05) is 42.0 Å². The number of aryl methyl sites for hydroxylation is 2. The van der Waals surface area contributed by atoms with Crippen LogP contribution >= 0.6 is 0 Å². The highest BCUT2D eigenvalue weighted by atomic mass is 16.5. The Morgan fingerprint density at radius 3 is 1.83 bits per heavy atom. The third-order valence-electron chi connectivity index (χ3n) is 4.80. The van der Waals surface area contributed by atoms with Gasteiger partial charge in [-0.2, -0.15) is 0 Å². The number of carbonyl (C=O) groups is 1. The molecule has 7 nitrogen and oxygen atoms in total. The molecule has 0 aliphatic heterocycles. The smallest absolute Gasteiger partial charge is 0.234 e. The van der Waals surface area contributed by atoms with Crippen LogP contribution < -0.4 is 24.3 Å². The van der Waals surface area contributed by atoms with Crippen molar-refractivity contribution in [3.8, 4) is 23.0 Å². The van der Waals surface area contributed by atoms with Gasteiger partial charge in [0.1, 0.15) is 5.75 Å². The van der Waals surface area contributed by atoms with Crippen molar-refractivity contribution in [1.29, 1.82) is 0 Å². The summed E-state index contributed by atoms with van der Waals surface area (Å²) in [4.78, 5) is 14.4. The predicted octanol–water partition coefficient (Wildman–Crippen LogP) is 3.09. The summed E-state index contributed by atoms with van der Waals surface area (Å²) in [6, 6.07) is 7.84. The standard InChI is InChI=1S/C23H32N2O5/c1-15-8-18(9-16(2)22(15)29-6)13-25(3)14-21(26)24-12-17-10-19(27-4)23(30-7)20(11-17)28-5/h8-11H,12-14H2,1-7H3,(H,24,26). The number of rotatable bonds is 10. The van der Waals surface area contributed by atoms with Crippen molar-refractivity contribution >= 4 is 5.91 Å². The molecule has 0 atom stereocenters. The molecule has 0 aliphatic rings. The second kappa shape index (κ2) is 10.7. The average Bonchev–Trinajstić information content (AvgIpc) is 2.70. The van der Waals surface area contributed by atoms with E-state index in [1.807, 2.05) is 37.9 Å².